The van der Waals surface area contributed by atoms with E-state index in [1.165, 1.54) is 11.1 Å². The van der Waals surface area contributed by atoms with Crippen LogP contribution in [0.1, 0.15) is 36.1 Å². The van der Waals surface area contributed by atoms with Crippen LogP contribution in [0.15, 0.2) is 30.3 Å². The summed E-state index contributed by atoms with van der Waals surface area (Å²) in [6, 6.07) is 10.0. The Labute approximate surface area is 167 Å². The highest BCUT2D eigenvalue weighted by Crippen LogP contribution is 2.34. The minimum atomic E-state index is -0.00234. The van der Waals surface area contributed by atoms with Gasteiger partial charge in [0, 0.05) is 13.1 Å². The third-order valence-corrected chi connectivity index (χ3v) is 4.91. The second kappa shape index (κ2) is 9.00. The third kappa shape index (κ3) is 4.58. The van der Waals surface area contributed by atoms with Gasteiger partial charge in [0.15, 0.2) is 18.1 Å². The summed E-state index contributed by atoms with van der Waals surface area (Å²) in [6.45, 7) is 10.4. The van der Waals surface area contributed by atoms with E-state index in [2.05, 4.69) is 12.1 Å². The van der Waals surface area contributed by atoms with E-state index in [1.54, 1.807) is 0 Å². The number of aryl methyl sites for hydroxylation is 2. The molecule has 2 aromatic rings. The number of hydrogen-bond donors (Lipinski definition) is 0. The van der Waals surface area contributed by atoms with Crippen molar-refractivity contribution in [3.63, 3.8) is 0 Å². The van der Waals surface area contributed by atoms with Gasteiger partial charge in [-0.15, -0.1) is 0 Å². The quantitative estimate of drug-likeness (QED) is 0.723. The van der Waals surface area contributed by atoms with Crippen LogP contribution in [0.5, 0.6) is 17.2 Å². The summed E-state index contributed by atoms with van der Waals surface area (Å²) in [5, 5.41) is 0. The second-order valence-electron chi connectivity index (χ2n) is 7.06. The van der Waals surface area contributed by atoms with E-state index in [0.717, 1.165) is 34.8 Å². The standard InChI is InChI=1S/C23H29NO4/c1-5-26-21-12-18-9-10-24(14-19(18)13-22(21)27-6-2)23(25)15-28-20-8-7-16(3)11-17(20)4/h7-8,11-13H,5-6,9-10,14-15H2,1-4H3. The fraction of sp³-hybridized carbons (Fsp3) is 0.435. The van der Waals surface area contributed by atoms with E-state index in [9.17, 15) is 4.79 Å². The van der Waals surface area contributed by atoms with Crippen LogP contribution in [0, 0.1) is 13.8 Å². The number of rotatable bonds is 7. The molecule has 1 heterocycles. The normalized spacial score (nSPS) is 13.1. The zero-order chi connectivity index (χ0) is 20.1. The van der Waals surface area contributed by atoms with Crippen LogP contribution in [0.3, 0.4) is 0 Å². The van der Waals surface area contributed by atoms with Gasteiger partial charge in [0.2, 0.25) is 0 Å². The molecule has 28 heavy (non-hydrogen) atoms. The lowest BCUT2D eigenvalue weighted by Crippen LogP contribution is -2.38. The molecule has 1 aliphatic rings. The molecule has 0 unspecified atom stereocenters. The predicted molar refractivity (Wildman–Crippen MR) is 109 cm³/mol. The highest BCUT2D eigenvalue weighted by molar-refractivity contribution is 5.78. The number of fused-ring (bicyclic) bond motifs is 1. The summed E-state index contributed by atoms with van der Waals surface area (Å²) in [5.41, 5.74) is 4.55. The van der Waals surface area contributed by atoms with Gasteiger partial charge in [-0.2, -0.15) is 0 Å². The summed E-state index contributed by atoms with van der Waals surface area (Å²) >= 11 is 0. The van der Waals surface area contributed by atoms with E-state index < -0.39 is 0 Å². The van der Waals surface area contributed by atoms with Gasteiger partial charge < -0.3 is 19.1 Å². The minimum Gasteiger partial charge on any atom is -0.490 e. The molecule has 2 aromatic carbocycles. The Balaban J connectivity index is 1.68. The molecule has 0 aromatic heterocycles. The molecule has 0 saturated carbocycles. The van der Waals surface area contributed by atoms with Crippen molar-refractivity contribution in [1.82, 2.24) is 4.90 Å². The number of ether oxygens (including phenoxy) is 3. The van der Waals surface area contributed by atoms with Gasteiger partial charge in [0.25, 0.3) is 5.91 Å². The number of hydrogen-bond acceptors (Lipinski definition) is 4. The Hall–Kier alpha value is -2.69. The number of amides is 1. The van der Waals surface area contributed by atoms with Crippen molar-refractivity contribution < 1.29 is 19.0 Å². The lowest BCUT2D eigenvalue weighted by molar-refractivity contribution is -0.134. The zero-order valence-corrected chi connectivity index (χ0v) is 17.2. The molecule has 0 bridgehead atoms. The number of carbonyl (C=O) groups excluding carboxylic acids is 1. The summed E-state index contributed by atoms with van der Waals surface area (Å²) < 4.78 is 17.2. The first-order chi connectivity index (χ1) is 13.5. The van der Waals surface area contributed by atoms with Gasteiger partial charge in [-0.25, -0.2) is 0 Å². The molecule has 150 valence electrons. The van der Waals surface area contributed by atoms with Crippen molar-refractivity contribution in [2.24, 2.45) is 0 Å². The first-order valence-electron chi connectivity index (χ1n) is 9.91. The van der Waals surface area contributed by atoms with E-state index in [4.69, 9.17) is 14.2 Å². The third-order valence-electron chi connectivity index (χ3n) is 4.91. The number of benzene rings is 2. The first kappa shape index (κ1) is 20.1. The highest BCUT2D eigenvalue weighted by atomic mass is 16.5. The molecule has 5 heteroatoms. The van der Waals surface area contributed by atoms with Crippen LogP contribution < -0.4 is 14.2 Å². The van der Waals surface area contributed by atoms with E-state index in [1.807, 2.05) is 50.8 Å². The smallest absolute Gasteiger partial charge is 0.260 e. The van der Waals surface area contributed by atoms with E-state index >= 15 is 0 Å². The average Bonchev–Trinajstić information content (AvgIpc) is 2.67. The Morgan fingerprint density at radius 1 is 0.929 bits per heavy atom. The molecule has 5 nitrogen and oxygen atoms in total. The maximum absolute atomic E-state index is 12.7. The van der Waals surface area contributed by atoms with Gasteiger partial charge in [-0.3, -0.25) is 4.79 Å². The Bertz CT molecular complexity index is 847. The lowest BCUT2D eigenvalue weighted by atomic mass is 9.98. The predicted octanol–water partition coefficient (Wildman–Crippen LogP) is 4.06. The summed E-state index contributed by atoms with van der Waals surface area (Å²) in [7, 11) is 0. The van der Waals surface area contributed by atoms with Crippen LogP contribution in [0.2, 0.25) is 0 Å². The highest BCUT2D eigenvalue weighted by Gasteiger charge is 2.23. The van der Waals surface area contributed by atoms with E-state index in [0.29, 0.717) is 26.3 Å². The van der Waals surface area contributed by atoms with Crippen LogP contribution in [-0.4, -0.2) is 37.2 Å². The van der Waals surface area contributed by atoms with Crippen molar-refractivity contribution in [3.8, 4) is 17.2 Å². The summed E-state index contributed by atoms with van der Waals surface area (Å²) in [5.74, 6) is 2.28. The molecule has 0 aliphatic carbocycles. The van der Waals surface area contributed by atoms with Gasteiger partial charge >= 0.3 is 0 Å². The van der Waals surface area contributed by atoms with E-state index in [-0.39, 0.29) is 12.5 Å². The summed E-state index contributed by atoms with van der Waals surface area (Å²) in [6.07, 6.45) is 0.803. The van der Waals surface area contributed by atoms with Gasteiger partial charge in [0.05, 0.1) is 13.2 Å². The molecule has 3 rings (SSSR count). The van der Waals surface area contributed by atoms with Gasteiger partial charge in [0.1, 0.15) is 5.75 Å². The average molecular weight is 383 g/mol. The molecule has 0 spiro atoms. The van der Waals surface area contributed by atoms with Gasteiger partial charge in [-0.1, -0.05) is 17.7 Å². The molecule has 0 saturated heterocycles. The molecular formula is C23H29NO4. The second-order valence-corrected chi connectivity index (χ2v) is 7.06. The Morgan fingerprint density at radius 2 is 1.61 bits per heavy atom. The monoisotopic (exact) mass is 383 g/mol. The van der Waals surface area contributed by atoms with Crippen LogP contribution in [-0.2, 0) is 17.8 Å². The first-order valence-corrected chi connectivity index (χ1v) is 9.91. The van der Waals surface area contributed by atoms with Crippen molar-refractivity contribution >= 4 is 5.91 Å². The minimum absolute atomic E-state index is 0.00234. The van der Waals surface area contributed by atoms with Crippen LogP contribution >= 0.6 is 0 Å². The molecular weight excluding hydrogens is 354 g/mol. The topological polar surface area (TPSA) is 48.0 Å². The summed E-state index contributed by atoms with van der Waals surface area (Å²) in [4.78, 5) is 14.5. The Morgan fingerprint density at radius 3 is 2.25 bits per heavy atom. The molecule has 1 aliphatic heterocycles. The lowest BCUT2D eigenvalue weighted by Gasteiger charge is -2.30. The van der Waals surface area contributed by atoms with Crippen molar-refractivity contribution in [3.05, 3.63) is 52.6 Å². The molecule has 0 atom stereocenters. The van der Waals surface area contributed by atoms with Crippen LogP contribution in [0.25, 0.3) is 0 Å². The Kier molecular flexibility index (Phi) is 6.45. The van der Waals surface area contributed by atoms with Crippen molar-refractivity contribution in [2.45, 2.75) is 40.7 Å². The van der Waals surface area contributed by atoms with Crippen molar-refractivity contribution in [2.75, 3.05) is 26.4 Å². The van der Waals surface area contributed by atoms with Gasteiger partial charge in [-0.05, 0) is 69.0 Å². The SMILES string of the molecule is CCOc1cc2c(cc1OCC)CN(C(=O)COc1ccc(C)cc1C)CC2. The molecule has 1 amide bonds. The fourth-order valence-corrected chi connectivity index (χ4v) is 3.51. The van der Waals surface area contributed by atoms with Crippen molar-refractivity contribution in [1.29, 1.82) is 0 Å². The maximum atomic E-state index is 12.7. The fourth-order valence-electron chi connectivity index (χ4n) is 3.51. The zero-order valence-electron chi connectivity index (χ0n) is 17.2. The molecule has 0 radical (unpaired) electrons. The largest absolute Gasteiger partial charge is 0.490 e. The molecule has 0 N–H and O–H groups in total. The molecule has 0 fully saturated rings. The number of carbonyl (C=O) groups is 1. The maximum Gasteiger partial charge on any atom is 0.260 e. The number of nitrogens with zero attached hydrogens (tertiary/aromatic N) is 1. The van der Waals surface area contributed by atoms with Crippen LogP contribution in [0.4, 0.5) is 0 Å².